The number of benzene rings is 11. The Kier molecular flexibility index (Phi) is 36.2. The highest BCUT2D eigenvalue weighted by Crippen LogP contribution is 2.40. The summed E-state index contributed by atoms with van der Waals surface area (Å²) in [5, 5.41) is 24.9. The number of nitrogen functional groups attached to an aromatic ring is 1. The van der Waals surface area contributed by atoms with Crippen LogP contribution in [0.2, 0.25) is 15.1 Å². The van der Waals surface area contributed by atoms with E-state index >= 15 is 8.78 Å². The third-order valence-corrected chi connectivity index (χ3v) is 25.2. The van der Waals surface area contributed by atoms with E-state index in [-0.39, 0.29) is 89.1 Å². The molecule has 11 aromatic carbocycles. The molecule has 16 aromatic rings. The molecule has 48 heteroatoms. The van der Waals surface area contributed by atoms with E-state index in [0.29, 0.717) is 107 Å². The molecule has 1 radical (unpaired) electrons. The van der Waals surface area contributed by atoms with Crippen molar-refractivity contribution in [1.29, 1.82) is 0 Å². The Labute approximate surface area is 809 Å². The highest BCUT2D eigenvalue weighted by Gasteiger charge is 2.34. The number of aryl methyl sites for hydroxylation is 3. The Morgan fingerprint density at radius 2 is 0.754 bits per heavy atom. The van der Waals surface area contributed by atoms with Crippen LogP contribution in [-0.4, -0.2) is 93.4 Å². The van der Waals surface area contributed by atoms with Gasteiger partial charge in [-0.2, -0.15) is 79.4 Å². The zero-order valence-corrected chi connectivity index (χ0v) is 82.2. The van der Waals surface area contributed by atoms with E-state index in [1.54, 1.807) is 118 Å². The first-order chi connectivity index (χ1) is 63.9. The number of sulfone groups is 1. The lowest BCUT2D eigenvalue weighted by atomic mass is 10.0. The second-order valence-electron chi connectivity index (χ2n) is 28.2. The summed E-state index contributed by atoms with van der Waals surface area (Å²) in [6, 6.07) is 47.1. The average molecular weight is 2150 g/mol. The van der Waals surface area contributed by atoms with E-state index < -0.39 is 138 Å². The summed E-state index contributed by atoms with van der Waals surface area (Å²) in [4.78, 5) is 37.1. The molecular formula is C90H68BBrCl3F13N8O16P3S3. The minimum atomic E-state index is -5.15. The zero-order chi connectivity index (χ0) is 98.3. The Morgan fingerprint density at radius 1 is 0.406 bits per heavy atom. The summed E-state index contributed by atoms with van der Waals surface area (Å²) < 4.78 is 291. The lowest BCUT2D eigenvalue weighted by Crippen LogP contribution is -2.19. The fraction of sp³-hybridized carbons (Fsp3) is 0.0778. The minimum Gasteiger partial charge on any atom is -0.537 e. The number of methoxy groups -OCH3 is 3. The van der Waals surface area contributed by atoms with Crippen LogP contribution in [0.5, 0.6) is 34.5 Å². The summed E-state index contributed by atoms with van der Waals surface area (Å²) in [7, 11) is -8.97. The maximum absolute atomic E-state index is 15.4. The Morgan fingerprint density at radius 3 is 1.11 bits per heavy atom. The lowest BCUT2D eigenvalue weighted by molar-refractivity contribution is 0.346. The molecule has 0 aliphatic heterocycles. The van der Waals surface area contributed by atoms with Crippen LogP contribution in [0, 0.1) is 96.4 Å². The molecule has 16 rings (SSSR count). The smallest absolute Gasteiger partial charge is 0.537 e. The van der Waals surface area contributed by atoms with Gasteiger partial charge in [0.25, 0.3) is 16.7 Å². The lowest BCUT2D eigenvalue weighted by Gasteiger charge is -2.16. The average Bonchev–Trinajstić information content (AvgIpc) is 0.764. The summed E-state index contributed by atoms with van der Waals surface area (Å²) in [5.74, 6) is -28.4. The molecule has 719 valence electrons. The second-order valence-corrected chi connectivity index (χ2v) is 35.3. The number of aromatic nitrogens is 7. The molecule has 24 nitrogen and oxygen atoms in total. The van der Waals surface area contributed by atoms with Crippen LogP contribution in [0.3, 0.4) is 0 Å². The van der Waals surface area contributed by atoms with Crippen molar-refractivity contribution in [1.82, 2.24) is 34.1 Å². The van der Waals surface area contributed by atoms with Crippen LogP contribution in [-0.2, 0) is 35.8 Å². The molecule has 0 spiro atoms. The molecule has 0 aliphatic rings. The molecule has 0 saturated heterocycles. The van der Waals surface area contributed by atoms with Gasteiger partial charge in [-0.25, -0.2) is 47.9 Å². The molecule has 3 unspecified atom stereocenters. The standard InChI is InChI=1S/C29H16ClF6NO5S.C28H21ClFN3O4S.C22H10BrF6NO4S.C7H7BClO3.C4H5N3.3H3P/c1-13-9-17(14-3-6-18(30)22(11-14)41-2)19(31)12-21(13)37-20-7-5-16(10-15(20)4-8-23(37)38)43(39,40)42-29-27(35)25(33)24(32)26(34)28(29)36;1-17-12-22(18-5-8-23(29)27(14-18)37-2)24(30)15-26(17)33-25-9-7-21(13-19(25)6-10-28(33)34)38(35,36)16-20-4-3-11-31-32-20;1-9-6-12(23)13(24)8-15(9)30-14-4-3-11(7-10(14)2-5-16(30)31)35(32,33)34-22-20(28)18(26)17(25)19(27)21(22)29;1-11-7-4-5(12-8-10)2-3-6(7)9;5-4-2-1-3-6-7-4;;;/h3-12H,1-2H3;3-15H,16H2,1-2H3;2-8H,1H3;2-4,10H,1H3;1-3H,(H2,5,7);3*1H3. The predicted octanol–water partition coefficient (Wildman–Crippen LogP) is 19.9. The van der Waals surface area contributed by atoms with Crippen LogP contribution in [0.25, 0.3) is 72.0 Å². The maximum atomic E-state index is 15.4. The fourth-order valence-corrected chi connectivity index (χ4v) is 17.4. The van der Waals surface area contributed by atoms with Crippen LogP contribution in [0.1, 0.15) is 22.4 Å². The fourth-order valence-electron chi connectivity index (χ4n) is 13.1. The summed E-state index contributed by atoms with van der Waals surface area (Å²) in [6.07, 6.45) is 3.05. The van der Waals surface area contributed by atoms with Crippen molar-refractivity contribution in [2.45, 2.75) is 41.2 Å². The van der Waals surface area contributed by atoms with Gasteiger partial charge in [0.1, 0.15) is 56.1 Å². The van der Waals surface area contributed by atoms with Crippen molar-refractivity contribution in [3.8, 4) is 73.8 Å². The van der Waals surface area contributed by atoms with Crippen molar-refractivity contribution in [2.24, 2.45) is 0 Å². The number of fused-ring (bicyclic) bond motifs is 3. The van der Waals surface area contributed by atoms with Crippen molar-refractivity contribution in [2.75, 3.05) is 27.1 Å². The number of rotatable bonds is 19. The number of ether oxygens (including phenoxy) is 3. The summed E-state index contributed by atoms with van der Waals surface area (Å²) >= 11 is 21.0. The molecule has 3 N–H and O–H groups in total. The van der Waals surface area contributed by atoms with Gasteiger partial charge in [-0.05, 0) is 234 Å². The number of hydrogen-bond acceptors (Lipinski definition) is 21. The topological polar surface area (TPSA) is 322 Å². The number of nitrogens with two attached hydrogens (primary N) is 1. The quantitative estimate of drug-likeness (QED) is 0.0190. The van der Waals surface area contributed by atoms with Crippen molar-refractivity contribution >= 4 is 157 Å². The van der Waals surface area contributed by atoms with Crippen LogP contribution < -0.4 is 49.6 Å². The first-order valence-electron chi connectivity index (χ1n) is 38.1. The number of halogens is 17. The third kappa shape index (κ3) is 23.9. The van der Waals surface area contributed by atoms with Gasteiger partial charge in [-0.1, -0.05) is 46.9 Å². The van der Waals surface area contributed by atoms with Crippen LogP contribution in [0.15, 0.2) is 252 Å². The van der Waals surface area contributed by atoms with Gasteiger partial charge in [0.05, 0.1) is 90.8 Å². The first-order valence-corrected chi connectivity index (χ1v) is 44.5. The van der Waals surface area contributed by atoms with Gasteiger partial charge < -0.3 is 38.0 Å². The van der Waals surface area contributed by atoms with Gasteiger partial charge in [-0.15, -0.1) is 5.10 Å². The van der Waals surface area contributed by atoms with Gasteiger partial charge in [0.15, 0.2) is 9.84 Å². The van der Waals surface area contributed by atoms with Gasteiger partial charge in [-0.3, -0.25) is 28.1 Å². The third-order valence-electron chi connectivity index (χ3n) is 19.6. The van der Waals surface area contributed by atoms with Crippen molar-refractivity contribution < 1.29 is 115 Å². The molecule has 0 bridgehead atoms. The normalized spacial score (nSPS) is 11.0. The molecule has 5 aromatic heterocycles. The van der Waals surface area contributed by atoms with E-state index in [0.717, 1.165) is 69.8 Å². The van der Waals surface area contributed by atoms with E-state index in [2.05, 4.69) is 44.7 Å². The highest BCUT2D eigenvalue weighted by atomic mass is 79.9. The second kappa shape index (κ2) is 45.8. The Hall–Kier alpha value is -12.6. The van der Waals surface area contributed by atoms with E-state index in [9.17, 15) is 87.9 Å². The Balaban J connectivity index is 0.000000209. The SMILES string of the molecule is COc1cc(-c2cc(C)c(-n3c(=O)ccc4cc(S(=O)(=O)Cc5cccnn5)ccc43)cc2F)ccc1Cl.COc1cc(-c2cc(C)c(-n3c(=O)ccc4cc(S(=O)(=O)Oc5c(F)c(F)c(F)c(F)c5F)ccc43)cc2F)ccc1Cl.COc1cc(O[B]O)ccc1Cl.Cc1cc(Br)c(F)cc1-n1c(=O)ccc2cc(S(=O)(=O)Oc3c(F)c(F)c(F)c(F)c3F)ccc21.Nc1cccnn1.P.P.P. The zero-order valence-electron chi connectivity index (χ0n) is 71.6. The van der Waals surface area contributed by atoms with Crippen LogP contribution in [0.4, 0.5) is 62.9 Å². The molecule has 0 fully saturated rings. The van der Waals surface area contributed by atoms with E-state index in [1.165, 1.54) is 86.7 Å². The summed E-state index contributed by atoms with van der Waals surface area (Å²) in [6.45, 7) is 5.01. The monoisotopic (exact) mass is 2150 g/mol. The largest absolute Gasteiger partial charge is 0.569 e. The molecular weight excluding hydrogens is 2080 g/mol. The predicted molar refractivity (Wildman–Crippen MR) is 512 cm³/mol. The number of hydrogen-bond donors (Lipinski definition) is 2. The van der Waals surface area contributed by atoms with Crippen LogP contribution >= 0.6 is 80.4 Å². The molecule has 3 atom stereocenters. The van der Waals surface area contributed by atoms with Gasteiger partial charge in [0.2, 0.25) is 69.7 Å². The first kappa shape index (κ1) is 109. The number of anilines is 1. The summed E-state index contributed by atoms with van der Waals surface area (Å²) in [5.41, 5.74) is 8.37. The number of nitrogens with zero attached hydrogens (tertiary/aromatic N) is 7. The highest BCUT2D eigenvalue weighted by molar-refractivity contribution is 9.10. The molecule has 5 heterocycles. The Bertz CT molecular complexity index is 7930. The maximum Gasteiger partial charge on any atom is 0.569 e. The van der Waals surface area contributed by atoms with Crippen molar-refractivity contribution in [3.05, 3.63) is 367 Å². The van der Waals surface area contributed by atoms with Crippen molar-refractivity contribution in [3.63, 3.8) is 0 Å². The van der Waals surface area contributed by atoms with E-state index in [4.69, 9.17) is 64.4 Å². The van der Waals surface area contributed by atoms with Gasteiger partial charge >= 0.3 is 27.9 Å². The molecule has 0 saturated carbocycles. The van der Waals surface area contributed by atoms with E-state index in [1.807, 2.05) is 0 Å². The minimum absolute atomic E-state index is 0. The molecule has 0 aliphatic carbocycles. The van der Waals surface area contributed by atoms with Gasteiger partial charge in [0, 0.05) is 63.9 Å². The molecule has 138 heavy (non-hydrogen) atoms. The molecule has 0 amide bonds. The number of pyridine rings is 3.